The molecule has 10 nitrogen and oxygen atoms in total. The minimum Gasteiger partial charge on any atom is -0.507 e. The van der Waals surface area contributed by atoms with Gasteiger partial charge in [0.05, 0.1) is 16.3 Å². The lowest BCUT2D eigenvalue weighted by atomic mass is 9.74. The van der Waals surface area contributed by atoms with E-state index in [9.17, 15) is 13.5 Å². The van der Waals surface area contributed by atoms with E-state index < -0.39 is 10.1 Å². The smallest absolute Gasteiger partial charge is 0.295 e. The van der Waals surface area contributed by atoms with E-state index in [4.69, 9.17) is 10.4 Å². The Hall–Kier alpha value is -3.83. The van der Waals surface area contributed by atoms with Crippen molar-refractivity contribution in [3.05, 3.63) is 72.3 Å². The molecule has 0 spiro atoms. The Morgan fingerprint density at radius 1 is 1.00 bits per heavy atom. The summed E-state index contributed by atoms with van der Waals surface area (Å²) in [5.41, 5.74) is 1.02. The van der Waals surface area contributed by atoms with Gasteiger partial charge in [-0.1, -0.05) is 51.5 Å². The molecule has 1 aliphatic carbocycles. The van der Waals surface area contributed by atoms with Gasteiger partial charge in [-0.05, 0) is 67.0 Å². The number of aromatic hydroxyl groups is 1. The Balaban J connectivity index is 0.000000195. The molecule has 1 fully saturated rings. The molecule has 0 saturated heterocycles. The summed E-state index contributed by atoms with van der Waals surface area (Å²) in [5.74, 6) is 10.3. The number of azo groups is 1. The van der Waals surface area contributed by atoms with E-state index in [1.807, 2.05) is 25.1 Å². The number of phenols is 1. The Morgan fingerprint density at radius 3 is 2.24 bits per heavy atom. The highest BCUT2D eigenvalue weighted by Gasteiger charge is 2.38. The van der Waals surface area contributed by atoms with Crippen LogP contribution in [0.25, 0.3) is 10.8 Å². The van der Waals surface area contributed by atoms with Crippen LogP contribution in [-0.4, -0.2) is 27.9 Å². The molecule has 3 atom stereocenters. The van der Waals surface area contributed by atoms with E-state index in [-0.39, 0.29) is 10.6 Å². The molecule has 0 amide bonds. The van der Waals surface area contributed by atoms with E-state index in [1.165, 1.54) is 49.6 Å². The number of aromatic nitrogens is 3. The number of fused-ring (bicyclic) bond motifs is 1. The summed E-state index contributed by atoms with van der Waals surface area (Å²) in [6.45, 7) is 11.0. The van der Waals surface area contributed by atoms with Crippen molar-refractivity contribution in [3.63, 3.8) is 0 Å². The van der Waals surface area contributed by atoms with Crippen molar-refractivity contribution in [2.24, 2.45) is 28.0 Å². The molecule has 4 aromatic rings. The van der Waals surface area contributed by atoms with Gasteiger partial charge in [-0.15, -0.1) is 14.5 Å². The number of benzene rings is 3. The lowest BCUT2D eigenvalue weighted by Crippen LogP contribution is -2.49. The van der Waals surface area contributed by atoms with Crippen LogP contribution in [0.5, 0.6) is 5.75 Å². The maximum atomic E-state index is 11.0. The van der Waals surface area contributed by atoms with Crippen molar-refractivity contribution in [1.82, 2.24) is 9.78 Å². The molecule has 5 rings (SSSR count). The average Bonchev–Trinajstić information content (AvgIpc) is 3.20. The summed E-state index contributed by atoms with van der Waals surface area (Å²) in [7, 11) is -4.22. The van der Waals surface area contributed by atoms with Gasteiger partial charge < -0.3 is 5.11 Å². The number of rotatable bonds is 5. The molecule has 3 unspecified atom stereocenters. The quantitative estimate of drug-likeness (QED) is 0.109. The molecule has 11 heteroatoms. The van der Waals surface area contributed by atoms with Gasteiger partial charge in [-0.25, -0.2) is 0 Å². The Kier molecular flexibility index (Phi) is 9.08. The van der Waals surface area contributed by atoms with Crippen LogP contribution < -0.4 is 10.5 Å². The van der Waals surface area contributed by atoms with Crippen molar-refractivity contribution >= 4 is 32.3 Å². The first kappa shape index (κ1) is 30.1. The number of nitrogens with zero attached hydrogens (tertiary/aromatic N) is 5. The molecule has 1 heterocycles. The molecule has 1 aliphatic rings. The van der Waals surface area contributed by atoms with Crippen molar-refractivity contribution in [1.29, 1.82) is 0 Å². The zero-order valence-electron chi connectivity index (χ0n) is 24.1. The fourth-order valence-corrected chi connectivity index (χ4v) is 6.00. The van der Waals surface area contributed by atoms with Crippen LogP contribution in [0.1, 0.15) is 57.7 Å². The minimum absolute atomic E-state index is 0.164. The molecule has 0 bridgehead atoms. The van der Waals surface area contributed by atoms with Gasteiger partial charge in [0.25, 0.3) is 21.8 Å². The van der Waals surface area contributed by atoms with Crippen LogP contribution in [0.3, 0.4) is 0 Å². The Morgan fingerprint density at radius 2 is 1.66 bits per heavy atom. The van der Waals surface area contributed by atoms with Gasteiger partial charge >= 0.3 is 0 Å². The van der Waals surface area contributed by atoms with Gasteiger partial charge in [0.15, 0.2) is 0 Å². The maximum Gasteiger partial charge on any atom is 0.295 e. The van der Waals surface area contributed by atoms with Crippen molar-refractivity contribution < 1.29 is 22.8 Å². The topological polar surface area (TPSA) is 147 Å². The molecule has 218 valence electrons. The SMILES string of the molecule is Cc1nn(C2CC(C)CCC2C(C)C)c(C)[n+]1N.O=S(=O)(O)c1ccc(N=Nc2ccc(O)c3ccccc23)cc1. The third-order valence-corrected chi connectivity index (χ3v) is 8.74. The molecule has 0 radical (unpaired) electrons. The third-order valence-electron chi connectivity index (χ3n) is 7.87. The molecule has 4 N–H and O–H groups in total. The molecule has 1 saturated carbocycles. The lowest BCUT2D eigenvalue weighted by Gasteiger charge is -2.34. The van der Waals surface area contributed by atoms with E-state index in [0.29, 0.717) is 28.7 Å². The van der Waals surface area contributed by atoms with E-state index in [1.54, 1.807) is 16.8 Å². The van der Waals surface area contributed by atoms with Gasteiger partial charge in [0.2, 0.25) is 0 Å². The van der Waals surface area contributed by atoms with Gasteiger partial charge in [-0.2, -0.15) is 13.5 Å². The molecular weight excluding hydrogens is 540 g/mol. The summed E-state index contributed by atoms with van der Waals surface area (Å²) >= 11 is 0. The van der Waals surface area contributed by atoms with Crippen LogP contribution in [-0.2, 0) is 10.1 Å². The highest BCUT2D eigenvalue weighted by Crippen LogP contribution is 2.41. The lowest BCUT2D eigenvalue weighted by molar-refractivity contribution is -0.652. The van der Waals surface area contributed by atoms with Crippen LogP contribution in [0.2, 0.25) is 0 Å². The third kappa shape index (κ3) is 6.91. The molecule has 0 aliphatic heterocycles. The second-order valence-electron chi connectivity index (χ2n) is 11.1. The average molecular weight is 580 g/mol. The van der Waals surface area contributed by atoms with Crippen molar-refractivity contribution in [2.75, 3.05) is 5.84 Å². The predicted molar refractivity (Wildman–Crippen MR) is 158 cm³/mol. The predicted octanol–water partition coefficient (Wildman–Crippen LogP) is 6.34. The van der Waals surface area contributed by atoms with Gasteiger partial charge in [0, 0.05) is 29.7 Å². The maximum absolute atomic E-state index is 11.0. The Bertz CT molecular complexity index is 1650. The first-order valence-electron chi connectivity index (χ1n) is 13.8. The number of aryl methyl sites for hydroxylation is 1. The van der Waals surface area contributed by atoms with E-state index in [0.717, 1.165) is 28.9 Å². The fraction of sp³-hybridized carbons (Fsp3) is 0.400. The van der Waals surface area contributed by atoms with Crippen LogP contribution >= 0.6 is 0 Å². The number of phenolic OH excluding ortho intramolecular Hbond substituents is 1. The van der Waals surface area contributed by atoms with E-state index in [2.05, 4.69) is 47.7 Å². The molecule has 41 heavy (non-hydrogen) atoms. The van der Waals surface area contributed by atoms with Gasteiger partial charge in [-0.3, -0.25) is 10.4 Å². The number of nitrogen functional groups attached to an aromatic ring is 1. The second kappa shape index (κ2) is 12.4. The van der Waals surface area contributed by atoms with Crippen LogP contribution in [0.4, 0.5) is 11.4 Å². The normalized spacial score (nSPS) is 19.4. The van der Waals surface area contributed by atoms with Gasteiger partial charge in [0.1, 0.15) is 11.8 Å². The first-order valence-corrected chi connectivity index (χ1v) is 15.2. The number of hydrogen-bond acceptors (Lipinski definition) is 7. The van der Waals surface area contributed by atoms with E-state index >= 15 is 0 Å². The van der Waals surface area contributed by atoms with Crippen LogP contribution in [0, 0.1) is 31.6 Å². The molecule has 3 aromatic carbocycles. The van der Waals surface area contributed by atoms with Crippen LogP contribution in [0.15, 0.2) is 75.8 Å². The second-order valence-corrected chi connectivity index (χ2v) is 12.5. The summed E-state index contributed by atoms with van der Waals surface area (Å²) in [6, 6.07) is 16.3. The number of hydrogen-bond donors (Lipinski definition) is 3. The fourth-order valence-electron chi connectivity index (χ4n) is 5.52. The monoisotopic (exact) mass is 579 g/mol. The number of nitrogens with two attached hydrogens (primary N) is 1. The first-order chi connectivity index (χ1) is 19.4. The highest BCUT2D eigenvalue weighted by molar-refractivity contribution is 7.85. The summed E-state index contributed by atoms with van der Waals surface area (Å²) in [4.78, 5) is -0.202. The highest BCUT2D eigenvalue weighted by atomic mass is 32.2. The summed E-state index contributed by atoms with van der Waals surface area (Å²) in [5, 5.41) is 24.1. The van der Waals surface area contributed by atoms with Crippen molar-refractivity contribution in [3.8, 4) is 5.75 Å². The molecule has 1 aromatic heterocycles. The summed E-state index contributed by atoms with van der Waals surface area (Å²) in [6.07, 6.45) is 3.89. The zero-order valence-corrected chi connectivity index (χ0v) is 25.0. The largest absolute Gasteiger partial charge is 0.507 e. The summed E-state index contributed by atoms with van der Waals surface area (Å²) < 4.78 is 34.8. The molecular formula is C30H39N6O4S+. The minimum atomic E-state index is -4.22. The Labute approximate surface area is 241 Å². The zero-order chi connectivity index (χ0) is 29.9. The standard InChI is InChI=1S/C16H12N2O4S.C14H27N4/c19-16-10-9-15(13-3-1-2-4-14(13)16)18-17-11-5-7-12(8-6-11)23(20,21)22;1-9(2)13-7-6-10(3)8-14(13)18-12(5)17(15)11(4)16-18/h1-10,19H,(H,20,21,22);9-10,13-14H,6-8,15H2,1-5H3/q;+1. The van der Waals surface area contributed by atoms with Crippen molar-refractivity contribution in [2.45, 2.75) is 64.8 Å².